The first-order valence-corrected chi connectivity index (χ1v) is 9.15. The van der Waals surface area contributed by atoms with E-state index in [-0.39, 0.29) is 24.4 Å². The second-order valence-corrected chi connectivity index (χ2v) is 7.57. The molecule has 3 rings (SSSR count). The molecular formula is C21H25N3O3. The molecule has 2 aromatic carbocycles. The molecule has 6 heteroatoms. The van der Waals surface area contributed by atoms with E-state index in [4.69, 9.17) is 0 Å². The number of carbonyl (C=O) groups is 3. The lowest BCUT2D eigenvalue weighted by molar-refractivity contribution is -0.135. The molecule has 1 heterocycles. The normalized spacial score (nSPS) is 20.9. The van der Waals surface area contributed by atoms with Gasteiger partial charge in [0, 0.05) is 6.04 Å². The van der Waals surface area contributed by atoms with Crippen LogP contribution in [0.4, 0.5) is 4.79 Å². The van der Waals surface area contributed by atoms with Crippen molar-refractivity contribution >= 4 is 28.6 Å². The molecule has 0 unspecified atom stereocenters. The van der Waals surface area contributed by atoms with Gasteiger partial charge < -0.3 is 10.6 Å². The average Bonchev–Trinajstić information content (AvgIpc) is 2.85. The number of imide groups is 1. The van der Waals surface area contributed by atoms with Gasteiger partial charge in [-0.05, 0) is 36.1 Å². The first-order chi connectivity index (χ1) is 12.7. The number of hydrogen-bond acceptors (Lipinski definition) is 3. The first-order valence-electron chi connectivity index (χ1n) is 9.15. The van der Waals surface area contributed by atoms with Gasteiger partial charge in [-0.1, -0.05) is 56.3 Å². The number of benzene rings is 2. The molecule has 2 N–H and O–H groups in total. The Hall–Kier alpha value is -2.89. The van der Waals surface area contributed by atoms with Gasteiger partial charge in [-0.2, -0.15) is 0 Å². The fraction of sp³-hybridized carbons (Fsp3) is 0.381. The first kappa shape index (κ1) is 18.9. The maximum Gasteiger partial charge on any atom is 0.325 e. The largest absolute Gasteiger partial charge is 0.352 e. The number of urea groups is 1. The lowest BCUT2D eigenvalue weighted by Gasteiger charge is -2.24. The Balaban J connectivity index is 1.87. The van der Waals surface area contributed by atoms with E-state index >= 15 is 0 Å². The maximum atomic E-state index is 13.1. The van der Waals surface area contributed by atoms with E-state index in [0.717, 1.165) is 21.2 Å². The minimum Gasteiger partial charge on any atom is -0.352 e. The lowest BCUT2D eigenvalue weighted by atomic mass is 9.88. The molecule has 1 fully saturated rings. The van der Waals surface area contributed by atoms with Gasteiger partial charge >= 0.3 is 6.03 Å². The highest BCUT2D eigenvalue weighted by Gasteiger charge is 2.50. The third-order valence-corrected chi connectivity index (χ3v) is 5.29. The van der Waals surface area contributed by atoms with Crippen molar-refractivity contribution in [2.45, 2.75) is 39.3 Å². The van der Waals surface area contributed by atoms with Crippen LogP contribution in [0.5, 0.6) is 0 Å². The maximum absolute atomic E-state index is 13.1. The molecule has 1 aliphatic heterocycles. The molecule has 0 saturated carbocycles. The molecule has 1 saturated heterocycles. The molecule has 0 spiro atoms. The van der Waals surface area contributed by atoms with Gasteiger partial charge in [-0.25, -0.2) is 4.79 Å². The Kier molecular flexibility index (Phi) is 4.91. The number of rotatable bonds is 5. The zero-order valence-corrected chi connectivity index (χ0v) is 16.1. The number of amides is 4. The Labute approximate surface area is 158 Å². The number of fused-ring (bicyclic) bond motifs is 1. The quantitative estimate of drug-likeness (QED) is 0.798. The van der Waals surface area contributed by atoms with E-state index in [1.807, 2.05) is 63.2 Å². The molecule has 2 atom stereocenters. The Morgan fingerprint density at radius 2 is 1.78 bits per heavy atom. The fourth-order valence-electron chi connectivity index (χ4n) is 3.29. The number of carbonyl (C=O) groups excluding carboxylic acids is 3. The second-order valence-electron chi connectivity index (χ2n) is 7.57. The van der Waals surface area contributed by atoms with E-state index in [0.29, 0.717) is 0 Å². The Bertz CT molecular complexity index is 903. The van der Waals surface area contributed by atoms with Crippen molar-refractivity contribution in [2.75, 3.05) is 6.54 Å². The highest BCUT2D eigenvalue weighted by molar-refractivity contribution is 6.10. The minimum atomic E-state index is -1.21. The van der Waals surface area contributed by atoms with Crippen molar-refractivity contribution in [1.82, 2.24) is 15.5 Å². The molecule has 0 radical (unpaired) electrons. The van der Waals surface area contributed by atoms with Crippen LogP contribution >= 0.6 is 0 Å². The van der Waals surface area contributed by atoms with Crippen molar-refractivity contribution in [3.63, 3.8) is 0 Å². The smallest absolute Gasteiger partial charge is 0.325 e. The van der Waals surface area contributed by atoms with Crippen molar-refractivity contribution in [3.8, 4) is 0 Å². The number of nitrogens with one attached hydrogen (secondary N) is 2. The topological polar surface area (TPSA) is 78.5 Å². The molecule has 27 heavy (non-hydrogen) atoms. The van der Waals surface area contributed by atoms with Gasteiger partial charge in [0.15, 0.2) is 0 Å². The molecule has 1 aliphatic rings. The SMILES string of the molecule is CC(C)[C@@H](C)NC(=O)CN1C(=O)N[C@@](C)(c2cccc3ccccc23)C1=O. The van der Waals surface area contributed by atoms with Crippen LogP contribution in [0.25, 0.3) is 10.8 Å². The van der Waals surface area contributed by atoms with Gasteiger partial charge in [0.1, 0.15) is 12.1 Å². The summed E-state index contributed by atoms with van der Waals surface area (Å²) in [6, 6.07) is 12.8. The zero-order valence-electron chi connectivity index (χ0n) is 16.1. The highest BCUT2D eigenvalue weighted by Crippen LogP contribution is 2.33. The molecule has 6 nitrogen and oxygen atoms in total. The van der Waals surface area contributed by atoms with Crippen LogP contribution in [0.1, 0.15) is 33.3 Å². The van der Waals surface area contributed by atoms with Crippen LogP contribution in [0.15, 0.2) is 42.5 Å². The summed E-state index contributed by atoms with van der Waals surface area (Å²) in [4.78, 5) is 38.8. The van der Waals surface area contributed by atoms with Crippen LogP contribution in [0, 0.1) is 5.92 Å². The van der Waals surface area contributed by atoms with Crippen LogP contribution in [0.3, 0.4) is 0 Å². The summed E-state index contributed by atoms with van der Waals surface area (Å²) in [5.74, 6) is -0.504. The third kappa shape index (κ3) is 3.39. The van der Waals surface area contributed by atoms with Crippen molar-refractivity contribution in [2.24, 2.45) is 5.92 Å². The predicted molar refractivity (Wildman–Crippen MR) is 104 cm³/mol. The predicted octanol–water partition coefficient (Wildman–Crippen LogP) is 2.77. The van der Waals surface area contributed by atoms with E-state index in [9.17, 15) is 14.4 Å². The third-order valence-electron chi connectivity index (χ3n) is 5.29. The van der Waals surface area contributed by atoms with Gasteiger partial charge in [0.2, 0.25) is 5.91 Å². The van der Waals surface area contributed by atoms with Crippen molar-refractivity contribution in [3.05, 3.63) is 48.0 Å². The van der Waals surface area contributed by atoms with Gasteiger partial charge in [-0.15, -0.1) is 0 Å². The molecule has 0 aliphatic carbocycles. The fourth-order valence-corrected chi connectivity index (χ4v) is 3.29. The number of hydrogen-bond donors (Lipinski definition) is 2. The van der Waals surface area contributed by atoms with Gasteiger partial charge in [0.25, 0.3) is 5.91 Å². The summed E-state index contributed by atoms with van der Waals surface area (Å²) in [7, 11) is 0. The Morgan fingerprint density at radius 3 is 2.48 bits per heavy atom. The summed E-state index contributed by atoms with van der Waals surface area (Å²) in [6.07, 6.45) is 0. The summed E-state index contributed by atoms with van der Waals surface area (Å²) in [5.41, 5.74) is -0.487. The van der Waals surface area contributed by atoms with Crippen molar-refractivity contribution in [1.29, 1.82) is 0 Å². The molecule has 4 amide bonds. The van der Waals surface area contributed by atoms with E-state index in [1.165, 1.54) is 0 Å². The lowest BCUT2D eigenvalue weighted by Crippen LogP contribution is -2.46. The standard InChI is InChI=1S/C21H25N3O3/c1-13(2)14(3)22-18(25)12-24-19(26)21(4,23-20(24)27)17-11-7-9-15-8-5-6-10-16(15)17/h5-11,13-14H,12H2,1-4H3,(H,22,25)(H,23,27)/t14-,21+/m1/s1. The zero-order chi connectivity index (χ0) is 19.8. The van der Waals surface area contributed by atoms with Crippen LogP contribution in [-0.4, -0.2) is 35.3 Å². The average molecular weight is 367 g/mol. The van der Waals surface area contributed by atoms with E-state index in [1.54, 1.807) is 6.92 Å². The molecule has 142 valence electrons. The minimum absolute atomic E-state index is 0.0392. The van der Waals surface area contributed by atoms with E-state index in [2.05, 4.69) is 10.6 Å². The Morgan fingerprint density at radius 1 is 1.11 bits per heavy atom. The molecule has 2 aromatic rings. The monoisotopic (exact) mass is 367 g/mol. The summed E-state index contributed by atoms with van der Waals surface area (Å²) >= 11 is 0. The van der Waals surface area contributed by atoms with Crippen LogP contribution in [0.2, 0.25) is 0 Å². The van der Waals surface area contributed by atoms with Crippen molar-refractivity contribution < 1.29 is 14.4 Å². The molecular weight excluding hydrogens is 342 g/mol. The van der Waals surface area contributed by atoms with Gasteiger partial charge in [-0.3, -0.25) is 14.5 Å². The summed E-state index contributed by atoms with van der Waals surface area (Å²) in [6.45, 7) is 7.28. The van der Waals surface area contributed by atoms with Crippen LogP contribution < -0.4 is 10.6 Å². The van der Waals surface area contributed by atoms with Crippen LogP contribution in [-0.2, 0) is 15.1 Å². The molecule has 0 bridgehead atoms. The van der Waals surface area contributed by atoms with E-state index < -0.39 is 17.5 Å². The summed E-state index contributed by atoms with van der Waals surface area (Å²) in [5, 5.41) is 7.49. The highest BCUT2D eigenvalue weighted by atomic mass is 16.2. The number of nitrogens with zero attached hydrogens (tertiary/aromatic N) is 1. The molecule has 0 aromatic heterocycles. The summed E-state index contributed by atoms with van der Waals surface area (Å²) < 4.78 is 0. The van der Waals surface area contributed by atoms with Gasteiger partial charge in [0.05, 0.1) is 0 Å². The second kappa shape index (κ2) is 7.02.